The molecule has 0 atom stereocenters. The summed E-state index contributed by atoms with van der Waals surface area (Å²) in [7, 11) is 1.72. The van der Waals surface area contributed by atoms with Gasteiger partial charge in [-0.15, -0.1) is 0 Å². The van der Waals surface area contributed by atoms with Gasteiger partial charge < -0.3 is 0 Å². The number of pyridine rings is 1. The lowest BCUT2D eigenvalue weighted by Crippen LogP contribution is -2.06. The number of halogens is 3. The number of benzene rings is 1. The van der Waals surface area contributed by atoms with Crippen molar-refractivity contribution in [2.45, 2.75) is 13.1 Å². The summed E-state index contributed by atoms with van der Waals surface area (Å²) in [5.41, 5.74) is 3.83. The van der Waals surface area contributed by atoms with Crippen molar-refractivity contribution < 1.29 is 13.2 Å². The van der Waals surface area contributed by atoms with Gasteiger partial charge in [-0.25, -0.2) is 0 Å². The molecule has 0 aliphatic rings. The van der Waals surface area contributed by atoms with Gasteiger partial charge in [0.25, 0.3) is 0 Å². The van der Waals surface area contributed by atoms with Crippen LogP contribution in [0.4, 0.5) is 13.2 Å². The number of aromatic nitrogens is 6. The van der Waals surface area contributed by atoms with Crippen LogP contribution in [0.25, 0.3) is 33.8 Å². The third-order valence-electron chi connectivity index (χ3n) is 4.45. The highest BCUT2D eigenvalue weighted by Gasteiger charge is 2.31. The lowest BCUT2D eigenvalue weighted by atomic mass is 9.96. The molecule has 0 saturated heterocycles. The van der Waals surface area contributed by atoms with Crippen LogP contribution in [0.5, 0.6) is 0 Å². The van der Waals surface area contributed by atoms with Gasteiger partial charge in [-0.3, -0.25) is 4.98 Å². The summed E-state index contributed by atoms with van der Waals surface area (Å²) < 4.78 is 39.0. The van der Waals surface area contributed by atoms with Gasteiger partial charge >= 0.3 is 6.18 Å². The van der Waals surface area contributed by atoms with Gasteiger partial charge in [0.15, 0.2) is 0 Å². The summed E-state index contributed by atoms with van der Waals surface area (Å²) in [6.45, 7) is 1.93. The van der Waals surface area contributed by atoms with E-state index in [4.69, 9.17) is 0 Å². The zero-order valence-corrected chi connectivity index (χ0v) is 15.5. The zero-order valence-electron chi connectivity index (χ0n) is 15.5. The van der Waals surface area contributed by atoms with E-state index in [1.54, 1.807) is 31.6 Å². The predicted molar refractivity (Wildman–Crippen MR) is 100 cm³/mol. The highest BCUT2D eigenvalue weighted by atomic mass is 19.4. The number of aryl methyl sites for hydroxylation is 2. The lowest BCUT2D eigenvalue weighted by Gasteiger charge is -2.11. The van der Waals surface area contributed by atoms with E-state index in [1.807, 2.05) is 25.1 Å². The molecule has 4 aromatic rings. The molecule has 1 aromatic carbocycles. The van der Waals surface area contributed by atoms with Crippen molar-refractivity contribution >= 4 is 0 Å². The number of alkyl halides is 3. The third-order valence-corrected chi connectivity index (χ3v) is 4.45. The van der Waals surface area contributed by atoms with Gasteiger partial charge in [-0.1, -0.05) is 12.1 Å². The minimum absolute atomic E-state index is 0.157. The summed E-state index contributed by atoms with van der Waals surface area (Å²) >= 11 is 0. The first-order chi connectivity index (χ1) is 13.8. The predicted octanol–water partition coefficient (Wildman–Crippen LogP) is 4.33. The fourth-order valence-electron chi connectivity index (χ4n) is 2.96. The minimum atomic E-state index is -4.48. The topological polar surface area (TPSA) is 69.4 Å². The van der Waals surface area contributed by atoms with Gasteiger partial charge in [-0.2, -0.15) is 38.4 Å². The first-order valence-corrected chi connectivity index (χ1v) is 8.65. The van der Waals surface area contributed by atoms with Crippen molar-refractivity contribution in [1.29, 1.82) is 0 Å². The standard InChI is InChI=1S/C20H15F3N6/c1-12-3-4-14(17-9-15(10-25-27-17)20(21,22)23)7-16(12)13-5-6-24-18(8-13)19-11-26-29(2)28-19/h3-11H,1-2H3. The van der Waals surface area contributed by atoms with Crippen LogP contribution in [0, 0.1) is 6.92 Å². The van der Waals surface area contributed by atoms with Crippen LogP contribution in [0.2, 0.25) is 0 Å². The molecular weight excluding hydrogens is 381 g/mol. The molecule has 0 amide bonds. The quantitative estimate of drug-likeness (QED) is 0.516. The maximum Gasteiger partial charge on any atom is 0.418 e. The number of hydrogen-bond donors (Lipinski definition) is 0. The molecule has 0 N–H and O–H groups in total. The van der Waals surface area contributed by atoms with Gasteiger partial charge in [0.05, 0.1) is 29.3 Å². The monoisotopic (exact) mass is 396 g/mol. The Morgan fingerprint density at radius 2 is 1.72 bits per heavy atom. The highest BCUT2D eigenvalue weighted by Crippen LogP contribution is 2.33. The zero-order chi connectivity index (χ0) is 20.6. The van der Waals surface area contributed by atoms with Crippen LogP contribution in [0.15, 0.2) is 55.0 Å². The Balaban J connectivity index is 1.77. The molecule has 29 heavy (non-hydrogen) atoms. The Morgan fingerprint density at radius 3 is 2.45 bits per heavy atom. The van der Waals surface area contributed by atoms with Crippen molar-refractivity contribution in [2.75, 3.05) is 0 Å². The van der Waals surface area contributed by atoms with Gasteiger partial charge in [0.1, 0.15) is 5.69 Å². The van der Waals surface area contributed by atoms with Crippen molar-refractivity contribution in [1.82, 2.24) is 30.2 Å². The van der Waals surface area contributed by atoms with Gasteiger partial charge in [-0.05, 0) is 47.9 Å². The fourth-order valence-corrected chi connectivity index (χ4v) is 2.96. The maximum atomic E-state index is 13.0. The molecule has 9 heteroatoms. The van der Waals surface area contributed by atoms with Crippen LogP contribution >= 0.6 is 0 Å². The average molecular weight is 396 g/mol. The number of nitrogens with zero attached hydrogens (tertiary/aromatic N) is 6. The van der Waals surface area contributed by atoms with E-state index in [0.29, 0.717) is 23.1 Å². The summed E-state index contributed by atoms with van der Waals surface area (Å²) in [6, 6.07) is 10.1. The van der Waals surface area contributed by atoms with Gasteiger partial charge in [0.2, 0.25) is 0 Å². The van der Waals surface area contributed by atoms with E-state index in [1.165, 1.54) is 4.80 Å². The highest BCUT2D eigenvalue weighted by molar-refractivity contribution is 5.76. The third kappa shape index (κ3) is 3.84. The van der Waals surface area contributed by atoms with E-state index in [9.17, 15) is 13.2 Å². The first kappa shape index (κ1) is 18.7. The Hall–Kier alpha value is -3.62. The van der Waals surface area contributed by atoms with Crippen LogP contribution in [-0.2, 0) is 13.2 Å². The molecule has 0 bridgehead atoms. The second-order valence-electron chi connectivity index (χ2n) is 6.51. The Bertz CT molecular complexity index is 1180. The summed E-state index contributed by atoms with van der Waals surface area (Å²) in [5.74, 6) is 0. The molecule has 0 saturated carbocycles. The molecule has 0 aliphatic carbocycles. The Morgan fingerprint density at radius 1 is 0.897 bits per heavy atom. The summed E-state index contributed by atoms with van der Waals surface area (Å²) in [6.07, 6.45) is -0.479. The largest absolute Gasteiger partial charge is 0.418 e. The van der Waals surface area contributed by atoms with E-state index in [2.05, 4.69) is 25.4 Å². The molecule has 0 radical (unpaired) electrons. The first-order valence-electron chi connectivity index (χ1n) is 8.65. The molecule has 0 spiro atoms. The molecule has 3 aromatic heterocycles. The molecule has 6 nitrogen and oxygen atoms in total. The molecule has 0 unspecified atom stereocenters. The molecule has 3 heterocycles. The Labute approximate surface area is 164 Å². The SMILES string of the molecule is Cc1ccc(-c2cc(C(F)(F)F)cnn2)cc1-c1ccnc(-c2cnn(C)n2)c1. The smallest absolute Gasteiger partial charge is 0.254 e. The van der Waals surface area contributed by atoms with Crippen LogP contribution in [0.1, 0.15) is 11.1 Å². The van der Waals surface area contributed by atoms with E-state index >= 15 is 0 Å². The van der Waals surface area contributed by atoms with Crippen LogP contribution < -0.4 is 0 Å². The van der Waals surface area contributed by atoms with E-state index < -0.39 is 11.7 Å². The molecule has 146 valence electrons. The van der Waals surface area contributed by atoms with Crippen molar-refractivity contribution in [3.63, 3.8) is 0 Å². The van der Waals surface area contributed by atoms with E-state index in [0.717, 1.165) is 22.8 Å². The van der Waals surface area contributed by atoms with Crippen LogP contribution in [-0.4, -0.2) is 30.2 Å². The molecule has 4 rings (SSSR count). The lowest BCUT2D eigenvalue weighted by molar-refractivity contribution is -0.137. The normalized spacial score (nSPS) is 11.6. The summed E-state index contributed by atoms with van der Waals surface area (Å²) in [5, 5.41) is 15.7. The number of hydrogen-bond acceptors (Lipinski definition) is 5. The molecular formula is C20H15F3N6. The average Bonchev–Trinajstić information content (AvgIpc) is 3.14. The Kier molecular flexibility index (Phi) is 4.57. The second-order valence-corrected chi connectivity index (χ2v) is 6.51. The second kappa shape index (κ2) is 7.08. The minimum Gasteiger partial charge on any atom is -0.254 e. The van der Waals surface area contributed by atoms with Crippen molar-refractivity contribution in [3.8, 4) is 33.8 Å². The van der Waals surface area contributed by atoms with Crippen LogP contribution in [0.3, 0.4) is 0 Å². The fraction of sp³-hybridized carbons (Fsp3) is 0.150. The molecule has 0 aliphatic heterocycles. The summed E-state index contributed by atoms with van der Waals surface area (Å²) in [4.78, 5) is 5.78. The number of rotatable bonds is 3. The van der Waals surface area contributed by atoms with Crippen molar-refractivity contribution in [3.05, 3.63) is 66.1 Å². The van der Waals surface area contributed by atoms with Gasteiger partial charge in [0, 0.05) is 18.8 Å². The maximum absolute atomic E-state index is 13.0. The van der Waals surface area contributed by atoms with Crippen molar-refractivity contribution in [2.24, 2.45) is 7.05 Å². The van der Waals surface area contributed by atoms with E-state index in [-0.39, 0.29) is 5.69 Å². The molecule has 0 fully saturated rings.